The Hall–Kier alpha value is -2.21. The van der Waals surface area contributed by atoms with Gasteiger partial charge < -0.3 is 14.8 Å². The summed E-state index contributed by atoms with van der Waals surface area (Å²) in [7, 11) is 0. The Bertz CT molecular complexity index is 658. The molecule has 122 valence electrons. The highest BCUT2D eigenvalue weighted by molar-refractivity contribution is 6.45. The van der Waals surface area contributed by atoms with Gasteiger partial charge in [-0.05, 0) is 19.4 Å². The lowest BCUT2D eigenvalue weighted by atomic mass is 9.50. The monoisotopic (exact) mass is 317 g/mol. The number of hydrogen-bond acceptors (Lipinski definition) is 5. The molecule has 2 fully saturated rings. The number of carbonyl (C=O) groups is 3. The molecule has 1 unspecified atom stereocenters. The fourth-order valence-corrected chi connectivity index (χ4v) is 3.81. The van der Waals surface area contributed by atoms with E-state index in [9.17, 15) is 14.4 Å². The van der Waals surface area contributed by atoms with E-state index >= 15 is 0 Å². The zero-order valence-corrected chi connectivity index (χ0v) is 13.1. The quantitative estimate of drug-likeness (QED) is 0.496. The molecule has 2 aliphatic rings. The number of Topliss-reactive ketones (excluding diaryl/α,β-unsaturated/α-hetero) is 1. The van der Waals surface area contributed by atoms with Gasteiger partial charge in [-0.15, -0.1) is 0 Å². The van der Waals surface area contributed by atoms with Crippen molar-refractivity contribution in [3.05, 3.63) is 35.9 Å². The average Bonchev–Trinajstić information content (AvgIpc) is 2.72. The van der Waals surface area contributed by atoms with E-state index in [1.807, 2.05) is 13.0 Å². The topological polar surface area (TPSA) is 81.7 Å². The fraction of sp³-hybridized carbons (Fsp3) is 0.471. The van der Waals surface area contributed by atoms with Crippen LogP contribution in [-0.2, 0) is 29.4 Å². The van der Waals surface area contributed by atoms with Gasteiger partial charge in [-0.25, -0.2) is 0 Å². The lowest BCUT2D eigenvalue weighted by Crippen LogP contribution is -2.72. The minimum absolute atomic E-state index is 0.145. The van der Waals surface area contributed by atoms with E-state index in [1.165, 1.54) is 0 Å². The molecule has 0 spiro atoms. The van der Waals surface area contributed by atoms with Crippen LogP contribution in [0.3, 0.4) is 0 Å². The van der Waals surface area contributed by atoms with Gasteiger partial charge in [-0.2, -0.15) is 0 Å². The maximum Gasteiger partial charge on any atom is 0.323 e. The SMILES string of the molecule is CCOC(=O)[C@]12CC(OCC)[C@@]1(c1ccccc1)NC(=O)C2=O. The van der Waals surface area contributed by atoms with Crippen molar-refractivity contribution in [2.75, 3.05) is 13.2 Å². The molecule has 23 heavy (non-hydrogen) atoms. The molecule has 1 saturated heterocycles. The summed E-state index contributed by atoms with van der Waals surface area (Å²) in [5.74, 6) is -2.16. The smallest absolute Gasteiger partial charge is 0.323 e. The molecule has 1 aromatic carbocycles. The highest BCUT2D eigenvalue weighted by atomic mass is 16.5. The summed E-state index contributed by atoms with van der Waals surface area (Å²) in [4.78, 5) is 37.3. The summed E-state index contributed by atoms with van der Waals surface area (Å²) >= 11 is 0. The number of ketones is 1. The predicted molar refractivity (Wildman–Crippen MR) is 80.4 cm³/mol. The zero-order valence-electron chi connectivity index (χ0n) is 13.1. The molecule has 3 atom stereocenters. The van der Waals surface area contributed by atoms with Gasteiger partial charge in [0.2, 0.25) is 5.78 Å². The summed E-state index contributed by atoms with van der Waals surface area (Å²) in [6, 6.07) is 9.02. The number of benzene rings is 1. The highest BCUT2D eigenvalue weighted by Crippen LogP contribution is 2.61. The minimum atomic E-state index is -1.54. The summed E-state index contributed by atoms with van der Waals surface area (Å²) < 4.78 is 10.9. The lowest BCUT2D eigenvalue weighted by molar-refractivity contribution is -0.198. The largest absolute Gasteiger partial charge is 0.465 e. The second-order valence-electron chi connectivity index (χ2n) is 5.73. The first kappa shape index (κ1) is 15.7. The maximum atomic E-state index is 12.6. The Balaban J connectivity index is 2.17. The molecule has 1 aliphatic heterocycles. The van der Waals surface area contributed by atoms with E-state index in [-0.39, 0.29) is 13.0 Å². The first-order valence-electron chi connectivity index (χ1n) is 7.75. The van der Waals surface area contributed by atoms with Gasteiger partial charge in [0.25, 0.3) is 5.91 Å². The third-order valence-electron chi connectivity index (χ3n) is 4.77. The van der Waals surface area contributed by atoms with Gasteiger partial charge in [0.05, 0.1) is 12.7 Å². The van der Waals surface area contributed by atoms with Crippen molar-refractivity contribution in [1.29, 1.82) is 0 Å². The molecule has 6 heteroatoms. The second-order valence-corrected chi connectivity index (χ2v) is 5.73. The number of carbonyl (C=O) groups excluding carboxylic acids is 3. The Kier molecular flexibility index (Phi) is 3.72. The molecule has 0 bridgehead atoms. The van der Waals surface area contributed by atoms with E-state index < -0.39 is 34.7 Å². The molecule has 1 amide bonds. The number of esters is 1. The first-order chi connectivity index (χ1) is 11.0. The molecule has 1 aromatic rings. The average molecular weight is 317 g/mol. The van der Waals surface area contributed by atoms with Gasteiger partial charge in [0, 0.05) is 13.0 Å². The highest BCUT2D eigenvalue weighted by Gasteiger charge is 2.81. The lowest BCUT2D eigenvalue weighted by Gasteiger charge is -2.56. The van der Waals surface area contributed by atoms with Gasteiger partial charge in [-0.1, -0.05) is 30.3 Å². The van der Waals surface area contributed by atoms with Crippen LogP contribution in [0.2, 0.25) is 0 Å². The fourth-order valence-electron chi connectivity index (χ4n) is 3.81. The zero-order chi connectivity index (χ0) is 16.7. The van der Waals surface area contributed by atoms with Crippen molar-refractivity contribution in [2.45, 2.75) is 31.9 Å². The Morgan fingerprint density at radius 1 is 1.22 bits per heavy atom. The number of amides is 1. The number of fused-ring (bicyclic) bond motifs is 1. The minimum Gasteiger partial charge on any atom is -0.465 e. The summed E-state index contributed by atoms with van der Waals surface area (Å²) in [6.45, 7) is 4.07. The van der Waals surface area contributed by atoms with Gasteiger partial charge in [0.15, 0.2) is 5.41 Å². The molecule has 3 rings (SSSR count). The van der Waals surface area contributed by atoms with Gasteiger partial charge in [-0.3, -0.25) is 14.4 Å². The Labute approximate surface area is 134 Å². The molecular formula is C17H19NO5. The van der Waals surface area contributed by atoms with Crippen molar-refractivity contribution in [1.82, 2.24) is 5.32 Å². The molecule has 0 aromatic heterocycles. The molecular weight excluding hydrogens is 298 g/mol. The first-order valence-corrected chi connectivity index (χ1v) is 7.75. The molecule has 0 radical (unpaired) electrons. The Morgan fingerprint density at radius 3 is 2.52 bits per heavy atom. The van der Waals surface area contributed by atoms with Crippen LogP contribution in [0.25, 0.3) is 0 Å². The molecule has 1 N–H and O–H groups in total. The van der Waals surface area contributed by atoms with Crippen molar-refractivity contribution in [3.8, 4) is 0 Å². The third kappa shape index (κ3) is 1.81. The molecule has 1 aliphatic carbocycles. The van der Waals surface area contributed by atoms with Crippen LogP contribution in [0.15, 0.2) is 30.3 Å². The molecule has 1 saturated carbocycles. The van der Waals surface area contributed by atoms with Crippen LogP contribution in [0, 0.1) is 5.41 Å². The van der Waals surface area contributed by atoms with Crippen LogP contribution < -0.4 is 5.32 Å². The third-order valence-corrected chi connectivity index (χ3v) is 4.77. The van der Waals surface area contributed by atoms with E-state index in [4.69, 9.17) is 9.47 Å². The van der Waals surface area contributed by atoms with E-state index in [0.717, 1.165) is 0 Å². The molecule has 1 heterocycles. The van der Waals surface area contributed by atoms with Crippen molar-refractivity contribution < 1.29 is 23.9 Å². The summed E-state index contributed by atoms with van der Waals surface area (Å²) in [6.07, 6.45) is -0.304. The van der Waals surface area contributed by atoms with Crippen LogP contribution in [-0.4, -0.2) is 37.0 Å². The van der Waals surface area contributed by atoms with E-state index in [2.05, 4.69) is 5.32 Å². The van der Waals surface area contributed by atoms with E-state index in [1.54, 1.807) is 31.2 Å². The van der Waals surface area contributed by atoms with E-state index in [0.29, 0.717) is 12.2 Å². The normalized spacial score (nSPS) is 32.0. The number of hydrogen-bond donors (Lipinski definition) is 1. The van der Waals surface area contributed by atoms with Crippen molar-refractivity contribution >= 4 is 17.7 Å². The molecule has 6 nitrogen and oxygen atoms in total. The van der Waals surface area contributed by atoms with Crippen LogP contribution in [0.5, 0.6) is 0 Å². The van der Waals surface area contributed by atoms with Crippen molar-refractivity contribution in [2.24, 2.45) is 5.41 Å². The summed E-state index contributed by atoms with van der Waals surface area (Å²) in [5.41, 5.74) is -2.05. The van der Waals surface area contributed by atoms with Crippen LogP contribution >= 0.6 is 0 Å². The Morgan fingerprint density at radius 2 is 1.91 bits per heavy atom. The number of nitrogens with one attached hydrogen (secondary N) is 1. The van der Waals surface area contributed by atoms with Gasteiger partial charge >= 0.3 is 5.97 Å². The van der Waals surface area contributed by atoms with Gasteiger partial charge in [0.1, 0.15) is 5.54 Å². The van der Waals surface area contributed by atoms with Crippen molar-refractivity contribution in [3.63, 3.8) is 0 Å². The van der Waals surface area contributed by atoms with Crippen LogP contribution in [0.1, 0.15) is 25.8 Å². The van der Waals surface area contributed by atoms with Crippen LogP contribution in [0.4, 0.5) is 0 Å². The summed E-state index contributed by atoms with van der Waals surface area (Å²) in [5, 5.41) is 2.73. The number of rotatable bonds is 5. The second kappa shape index (κ2) is 5.45. The standard InChI is InChI=1S/C17H19NO5/c1-3-22-12-10-16(15(21)23-4-2)13(19)14(20)18-17(12,16)11-8-6-5-7-9-11/h5-9,12H,3-4,10H2,1-2H3,(H,18,20)/t12?,16-,17-/m1/s1. The number of ether oxygens (including phenoxy) is 2. The predicted octanol–water partition coefficient (Wildman–Crippen LogP) is 0.939. The maximum absolute atomic E-state index is 12.6.